The van der Waals surface area contributed by atoms with Gasteiger partial charge in [-0.05, 0) is 25.7 Å². The van der Waals surface area contributed by atoms with E-state index in [0.29, 0.717) is 12.0 Å². The molecule has 1 fully saturated rings. The number of carbonyl (C=O) groups is 1. The fourth-order valence-electron chi connectivity index (χ4n) is 1.99. The molecular weight excluding hydrogens is 232 g/mol. The van der Waals surface area contributed by atoms with E-state index in [2.05, 4.69) is 23.7 Å². The number of ketones is 1. The summed E-state index contributed by atoms with van der Waals surface area (Å²) in [4.78, 5) is 19.2. The molecule has 0 saturated heterocycles. The number of hydrogen-bond acceptors (Lipinski definition) is 4. The molecule has 0 bridgehead atoms. The topological polar surface area (TPSA) is 33.2 Å². The van der Waals surface area contributed by atoms with E-state index in [1.165, 1.54) is 12.8 Å². The monoisotopic (exact) mass is 252 g/mol. The summed E-state index contributed by atoms with van der Waals surface area (Å²) in [6, 6.07) is 0.655. The lowest BCUT2D eigenvalue weighted by molar-refractivity contribution is 0.102. The van der Waals surface area contributed by atoms with Gasteiger partial charge in [-0.1, -0.05) is 25.2 Å². The Hall–Kier alpha value is -0.900. The molecule has 1 aliphatic rings. The minimum atomic E-state index is 0.131. The first-order valence-electron chi connectivity index (χ1n) is 6.24. The van der Waals surface area contributed by atoms with Crippen molar-refractivity contribution in [1.82, 2.24) is 4.98 Å². The van der Waals surface area contributed by atoms with E-state index in [1.54, 1.807) is 18.3 Å². The first-order chi connectivity index (χ1) is 7.99. The predicted molar refractivity (Wildman–Crippen MR) is 72.1 cm³/mol. The van der Waals surface area contributed by atoms with Gasteiger partial charge < -0.3 is 4.90 Å². The molecule has 17 heavy (non-hydrogen) atoms. The fourth-order valence-corrected chi connectivity index (χ4v) is 3.04. The van der Waals surface area contributed by atoms with Crippen LogP contribution in [0.5, 0.6) is 0 Å². The van der Waals surface area contributed by atoms with Gasteiger partial charge in [0, 0.05) is 19.5 Å². The molecule has 0 N–H and O–H groups in total. The van der Waals surface area contributed by atoms with Gasteiger partial charge in [0.25, 0.3) is 0 Å². The van der Waals surface area contributed by atoms with Crippen LogP contribution < -0.4 is 4.90 Å². The third kappa shape index (κ3) is 2.86. The van der Waals surface area contributed by atoms with Crippen molar-refractivity contribution in [2.75, 3.05) is 11.4 Å². The lowest BCUT2D eigenvalue weighted by Crippen LogP contribution is -2.29. The molecule has 1 aromatic heterocycles. The summed E-state index contributed by atoms with van der Waals surface area (Å²) in [5, 5.41) is 1.03. The van der Waals surface area contributed by atoms with Gasteiger partial charge in [0.05, 0.1) is 10.6 Å². The second-order valence-corrected chi connectivity index (χ2v) is 6.22. The van der Waals surface area contributed by atoms with Crippen LogP contribution in [-0.2, 0) is 0 Å². The van der Waals surface area contributed by atoms with E-state index in [4.69, 9.17) is 0 Å². The van der Waals surface area contributed by atoms with Crippen molar-refractivity contribution in [1.29, 1.82) is 0 Å². The van der Waals surface area contributed by atoms with Gasteiger partial charge >= 0.3 is 0 Å². The van der Waals surface area contributed by atoms with Crippen LogP contribution in [0.3, 0.4) is 0 Å². The summed E-state index contributed by atoms with van der Waals surface area (Å²) >= 11 is 1.55. The maximum atomic E-state index is 11.5. The van der Waals surface area contributed by atoms with Crippen molar-refractivity contribution >= 4 is 22.3 Å². The van der Waals surface area contributed by atoms with Gasteiger partial charge in [0.2, 0.25) is 0 Å². The molecule has 0 aromatic carbocycles. The molecule has 1 aliphatic carbocycles. The van der Waals surface area contributed by atoms with E-state index in [0.717, 1.165) is 22.2 Å². The highest BCUT2D eigenvalue weighted by Crippen LogP contribution is 2.35. The number of carbonyl (C=O) groups excluding carboxylic acids is 1. The number of anilines is 1. The van der Waals surface area contributed by atoms with E-state index < -0.39 is 0 Å². The molecule has 2 rings (SSSR count). The second-order valence-electron chi connectivity index (χ2n) is 5.24. The molecule has 1 saturated carbocycles. The third-order valence-electron chi connectivity index (χ3n) is 2.90. The Balaban J connectivity index is 2.23. The standard InChI is InChI=1S/C13H20N2OS/c1-8(2)7-15(11-5-6-11)13-14-9(3)12(17-13)10(4)16/h8,11H,5-7H2,1-4H3. The summed E-state index contributed by atoms with van der Waals surface area (Å²) < 4.78 is 0. The summed E-state index contributed by atoms with van der Waals surface area (Å²) in [5.74, 6) is 0.757. The molecule has 3 nitrogen and oxygen atoms in total. The van der Waals surface area contributed by atoms with Crippen molar-refractivity contribution in [3.63, 3.8) is 0 Å². The molecule has 94 valence electrons. The van der Waals surface area contributed by atoms with E-state index >= 15 is 0 Å². The molecule has 0 atom stereocenters. The first kappa shape index (κ1) is 12.6. The molecule has 0 aliphatic heterocycles. The maximum absolute atomic E-state index is 11.5. The molecule has 0 unspecified atom stereocenters. The van der Waals surface area contributed by atoms with Crippen LogP contribution in [0, 0.1) is 12.8 Å². The summed E-state index contributed by atoms with van der Waals surface area (Å²) in [7, 11) is 0. The van der Waals surface area contributed by atoms with Crippen LogP contribution in [0.25, 0.3) is 0 Å². The Morgan fingerprint density at radius 1 is 1.53 bits per heavy atom. The van der Waals surface area contributed by atoms with E-state index in [-0.39, 0.29) is 5.78 Å². The molecule has 0 radical (unpaired) electrons. The third-order valence-corrected chi connectivity index (χ3v) is 4.20. The Bertz CT molecular complexity index is 421. The number of Topliss-reactive ketones (excluding diaryl/α,β-unsaturated/α-hetero) is 1. The lowest BCUT2D eigenvalue weighted by Gasteiger charge is -2.23. The van der Waals surface area contributed by atoms with Crippen molar-refractivity contribution in [2.24, 2.45) is 5.92 Å². The number of nitrogens with zero attached hydrogens (tertiary/aromatic N) is 2. The number of rotatable bonds is 5. The fraction of sp³-hybridized carbons (Fsp3) is 0.692. The van der Waals surface area contributed by atoms with Crippen molar-refractivity contribution < 1.29 is 4.79 Å². The van der Waals surface area contributed by atoms with Crippen LogP contribution in [0.4, 0.5) is 5.13 Å². The highest BCUT2D eigenvalue weighted by atomic mass is 32.1. The Kier molecular flexibility index (Phi) is 3.52. The second kappa shape index (κ2) is 4.77. The van der Waals surface area contributed by atoms with Gasteiger partial charge in [-0.25, -0.2) is 4.98 Å². The highest BCUT2D eigenvalue weighted by molar-refractivity contribution is 7.17. The number of aryl methyl sites for hydroxylation is 1. The highest BCUT2D eigenvalue weighted by Gasteiger charge is 2.31. The zero-order valence-electron chi connectivity index (χ0n) is 11.0. The minimum absolute atomic E-state index is 0.131. The van der Waals surface area contributed by atoms with Gasteiger partial charge in [0.15, 0.2) is 10.9 Å². The SMILES string of the molecule is CC(=O)c1sc(N(CC(C)C)C2CC2)nc1C. The predicted octanol–water partition coefficient (Wildman–Crippen LogP) is 3.28. The molecule has 4 heteroatoms. The quantitative estimate of drug-likeness (QED) is 0.754. The van der Waals surface area contributed by atoms with Gasteiger partial charge in [-0.3, -0.25) is 4.79 Å². The van der Waals surface area contributed by atoms with E-state index in [1.807, 2.05) is 6.92 Å². The van der Waals surface area contributed by atoms with Gasteiger partial charge in [0.1, 0.15) is 0 Å². The molecule has 1 aromatic rings. The van der Waals surface area contributed by atoms with Gasteiger partial charge in [-0.2, -0.15) is 0 Å². The molecule has 0 spiro atoms. The molecule has 1 heterocycles. The summed E-state index contributed by atoms with van der Waals surface area (Å²) in [6.45, 7) is 9.03. The first-order valence-corrected chi connectivity index (χ1v) is 7.05. The number of aromatic nitrogens is 1. The van der Waals surface area contributed by atoms with Crippen LogP contribution >= 0.6 is 11.3 Å². The van der Waals surface area contributed by atoms with Crippen LogP contribution in [0.2, 0.25) is 0 Å². The van der Waals surface area contributed by atoms with Crippen molar-refractivity contribution in [3.8, 4) is 0 Å². The Morgan fingerprint density at radius 2 is 2.18 bits per heavy atom. The maximum Gasteiger partial charge on any atom is 0.186 e. The van der Waals surface area contributed by atoms with Gasteiger partial charge in [-0.15, -0.1) is 0 Å². The minimum Gasteiger partial charge on any atom is -0.345 e. The van der Waals surface area contributed by atoms with Crippen molar-refractivity contribution in [3.05, 3.63) is 10.6 Å². The zero-order valence-corrected chi connectivity index (χ0v) is 11.8. The van der Waals surface area contributed by atoms with Crippen LogP contribution in [0.15, 0.2) is 0 Å². The Labute approximate surface area is 107 Å². The van der Waals surface area contributed by atoms with Crippen LogP contribution in [-0.4, -0.2) is 23.4 Å². The smallest absolute Gasteiger partial charge is 0.186 e. The number of hydrogen-bond donors (Lipinski definition) is 0. The Morgan fingerprint density at radius 3 is 2.59 bits per heavy atom. The number of thiazole rings is 1. The van der Waals surface area contributed by atoms with Crippen molar-refractivity contribution in [2.45, 2.75) is 46.6 Å². The molecule has 0 amide bonds. The van der Waals surface area contributed by atoms with E-state index in [9.17, 15) is 4.79 Å². The summed E-state index contributed by atoms with van der Waals surface area (Å²) in [5.41, 5.74) is 0.881. The average Bonchev–Trinajstić information content (AvgIpc) is 2.97. The largest absolute Gasteiger partial charge is 0.345 e. The molecular formula is C13H20N2OS. The zero-order chi connectivity index (χ0) is 12.6. The lowest BCUT2D eigenvalue weighted by atomic mass is 10.2. The normalized spacial score (nSPS) is 15.4. The summed E-state index contributed by atoms with van der Waals surface area (Å²) in [6.07, 6.45) is 2.53. The average molecular weight is 252 g/mol. The van der Waals surface area contributed by atoms with Crippen LogP contribution in [0.1, 0.15) is 49.0 Å².